The number of phenolic OH excluding ortho intramolecular Hbond substituents is 1. The third kappa shape index (κ3) is 3.20. The number of aromatic hydroxyl groups is 1. The number of nitrogens with two attached hydrogens (primary N) is 1. The number of rotatable bonds is 4. The summed E-state index contributed by atoms with van der Waals surface area (Å²) in [6, 6.07) is 4.66. The van der Waals surface area contributed by atoms with E-state index in [9.17, 15) is 9.90 Å². The van der Waals surface area contributed by atoms with Gasteiger partial charge in [-0.15, -0.1) is 0 Å². The lowest BCUT2D eigenvalue weighted by Crippen LogP contribution is -2.40. The fourth-order valence-corrected chi connectivity index (χ4v) is 1.49. The van der Waals surface area contributed by atoms with E-state index in [1.807, 2.05) is 13.8 Å². The Labute approximate surface area is 102 Å². The monoisotopic (exact) mass is 236 g/mol. The Hall–Kier alpha value is -1.55. The van der Waals surface area contributed by atoms with Crippen molar-refractivity contribution in [3.63, 3.8) is 0 Å². The fraction of sp³-hybridized carbons (Fsp3) is 0.462. The Morgan fingerprint density at radius 3 is 2.76 bits per heavy atom. The van der Waals surface area contributed by atoms with Gasteiger partial charge in [-0.05, 0) is 24.5 Å². The van der Waals surface area contributed by atoms with Crippen molar-refractivity contribution in [1.82, 2.24) is 0 Å². The van der Waals surface area contributed by atoms with E-state index < -0.39 is 6.04 Å². The summed E-state index contributed by atoms with van der Waals surface area (Å²) in [5, 5.41) is 12.4. The normalized spacial score (nSPS) is 14.1. The molecule has 94 valence electrons. The van der Waals surface area contributed by atoms with Crippen LogP contribution in [-0.2, 0) is 4.79 Å². The van der Waals surface area contributed by atoms with Gasteiger partial charge in [-0.2, -0.15) is 0 Å². The maximum Gasteiger partial charge on any atom is 0.241 e. The average Bonchev–Trinajstić information content (AvgIpc) is 2.32. The number of amides is 1. The zero-order chi connectivity index (χ0) is 13.0. The molecule has 1 unspecified atom stereocenters. The van der Waals surface area contributed by atoms with E-state index in [2.05, 4.69) is 5.32 Å². The summed E-state index contributed by atoms with van der Waals surface area (Å²) < 4.78 is 0. The second-order valence-electron chi connectivity index (χ2n) is 4.37. The highest BCUT2D eigenvalue weighted by Crippen LogP contribution is 2.26. The van der Waals surface area contributed by atoms with E-state index in [0.717, 1.165) is 12.0 Å². The van der Waals surface area contributed by atoms with Crippen molar-refractivity contribution in [2.24, 2.45) is 11.7 Å². The van der Waals surface area contributed by atoms with Gasteiger partial charge in [-0.25, -0.2) is 0 Å². The summed E-state index contributed by atoms with van der Waals surface area (Å²) in [5.41, 5.74) is 6.95. The van der Waals surface area contributed by atoms with Gasteiger partial charge in [0, 0.05) is 0 Å². The number of carbonyl (C=O) groups excluding carboxylic acids is 1. The average molecular weight is 236 g/mol. The van der Waals surface area contributed by atoms with Gasteiger partial charge < -0.3 is 16.2 Å². The molecular weight excluding hydrogens is 216 g/mol. The lowest BCUT2D eigenvalue weighted by Gasteiger charge is -2.18. The molecule has 0 saturated carbocycles. The van der Waals surface area contributed by atoms with Crippen LogP contribution in [0.5, 0.6) is 5.75 Å². The molecule has 1 rings (SSSR count). The summed E-state index contributed by atoms with van der Waals surface area (Å²) in [6.07, 6.45) is 0.842. The minimum atomic E-state index is -0.556. The van der Waals surface area contributed by atoms with Crippen LogP contribution in [-0.4, -0.2) is 17.1 Å². The predicted molar refractivity (Wildman–Crippen MR) is 68.9 cm³/mol. The Balaban J connectivity index is 2.78. The van der Waals surface area contributed by atoms with E-state index in [0.29, 0.717) is 5.69 Å². The van der Waals surface area contributed by atoms with Crippen molar-refractivity contribution in [3.05, 3.63) is 23.8 Å². The first-order valence-corrected chi connectivity index (χ1v) is 5.82. The smallest absolute Gasteiger partial charge is 0.241 e. The molecule has 0 fully saturated rings. The Morgan fingerprint density at radius 1 is 1.53 bits per heavy atom. The quantitative estimate of drug-likeness (QED) is 0.700. The highest BCUT2D eigenvalue weighted by molar-refractivity contribution is 5.96. The Bertz CT molecular complexity index is 404. The van der Waals surface area contributed by atoms with Crippen LogP contribution in [0.4, 0.5) is 5.69 Å². The van der Waals surface area contributed by atoms with E-state index in [1.165, 1.54) is 0 Å². The summed E-state index contributed by atoms with van der Waals surface area (Å²) in [6.45, 7) is 5.70. The molecule has 0 heterocycles. The molecule has 0 saturated heterocycles. The second kappa shape index (κ2) is 5.68. The van der Waals surface area contributed by atoms with Crippen molar-refractivity contribution >= 4 is 11.6 Å². The first kappa shape index (κ1) is 13.5. The van der Waals surface area contributed by atoms with Gasteiger partial charge in [-0.3, -0.25) is 4.79 Å². The first-order valence-electron chi connectivity index (χ1n) is 5.82. The molecule has 0 aliphatic rings. The standard InChI is InChI=1S/C13H20N2O2/c1-4-8(2)11(14)13(17)15-10-7-5-6-9(3)12(10)16/h5-8,11,16H,4,14H2,1-3H3,(H,15,17)/t8?,11-/m0/s1. The van der Waals surface area contributed by atoms with Crippen LogP contribution in [0, 0.1) is 12.8 Å². The number of nitrogens with one attached hydrogen (secondary N) is 1. The number of anilines is 1. The zero-order valence-electron chi connectivity index (χ0n) is 10.5. The van der Waals surface area contributed by atoms with Crippen LogP contribution in [0.2, 0.25) is 0 Å². The van der Waals surface area contributed by atoms with Crippen LogP contribution in [0.3, 0.4) is 0 Å². The van der Waals surface area contributed by atoms with Gasteiger partial charge in [0.25, 0.3) is 0 Å². The van der Waals surface area contributed by atoms with Crippen molar-refractivity contribution in [2.45, 2.75) is 33.2 Å². The van der Waals surface area contributed by atoms with Crippen molar-refractivity contribution < 1.29 is 9.90 Å². The Kier molecular flexibility index (Phi) is 4.52. The lowest BCUT2D eigenvalue weighted by molar-refractivity contribution is -0.118. The molecule has 0 spiro atoms. The molecule has 4 nitrogen and oxygen atoms in total. The number of carbonyl (C=O) groups is 1. The zero-order valence-corrected chi connectivity index (χ0v) is 10.5. The predicted octanol–water partition coefficient (Wildman–Crippen LogP) is 2.01. The number of hydrogen-bond acceptors (Lipinski definition) is 3. The van der Waals surface area contributed by atoms with Crippen LogP contribution in [0.1, 0.15) is 25.8 Å². The van der Waals surface area contributed by atoms with Crippen molar-refractivity contribution in [2.75, 3.05) is 5.32 Å². The number of aryl methyl sites for hydroxylation is 1. The van der Waals surface area contributed by atoms with E-state index >= 15 is 0 Å². The SMILES string of the molecule is CCC(C)[C@H](N)C(=O)Nc1cccc(C)c1O. The summed E-state index contributed by atoms with van der Waals surface area (Å²) in [7, 11) is 0. The van der Waals surface area contributed by atoms with Crippen LogP contribution < -0.4 is 11.1 Å². The summed E-state index contributed by atoms with van der Waals surface area (Å²) >= 11 is 0. The molecule has 17 heavy (non-hydrogen) atoms. The number of hydrogen-bond donors (Lipinski definition) is 3. The van der Waals surface area contributed by atoms with Crippen molar-refractivity contribution in [1.29, 1.82) is 0 Å². The second-order valence-corrected chi connectivity index (χ2v) is 4.37. The lowest BCUT2D eigenvalue weighted by atomic mass is 9.99. The molecule has 1 amide bonds. The van der Waals surface area contributed by atoms with E-state index in [1.54, 1.807) is 25.1 Å². The number of para-hydroxylation sites is 1. The largest absolute Gasteiger partial charge is 0.505 e. The van der Waals surface area contributed by atoms with Crippen molar-refractivity contribution in [3.8, 4) is 5.75 Å². The highest BCUT2D eigenvalue weighted by Gasteiger charge is 2.20. The Morgan fingerprint density at radius 2 is 2.18 bits per heavy atom. The minimum absolute atomic E-state index is 0.0946. The van der Waals surface area contributed by atoms with Crippen LogP contribution in [0.25, 0.3) is 0 Å². The van der Waals surface area contributed by atoms with Gasteiger partial charge in [0.2, 0.25) is 5.91 Å². The van der Waals surface area contributed by atoms with Gasteiger partial charge in [0.05, 0.1) is 11.7 Å². The van der Waals surface area contributed by atoms with Gasteiger partial charge in [-0.1, -0.05) is 32.4 Å². The van der Waals surface area contributed by atoms with E-state index in [4.69, 9.17) is 5.73 Å². The molecule has 4 N–H and O–H groups in total. The molecule has 1 aromatic rings. The third-order valence-corrected chi connectivity index (χ3v) is 3.06. The van der Waals surface area contributed by atoms with Crippen LogP contribution in [0.15, 0.2) is 18.2 Å². The van der Waals surface area contributed by atoms with Gasteiger partial charge >= 0.3 is 0 Å². The maximum absolute atomic E-state index is 11.8. The molecule has 4 heteroatoms. The molecule has 0 radical (unpaired) electrons. The molecule has 0 aromatic heterocycles. The summed E-state index contributed by atoms with van der Waals surface area (Å²) in [4.78, 5) is 11.8. The van der Waals surface area contributed by atoms with Gasteiger partial charge in [0.1, 0.15) is 5.75 Å². The molecule has 0 aliphatic heterocycles. The molecule has 2 atom stereocenters. The molecule has 0 bridgehead atoms. The van der Waals surface area contributed by atoms with Crippen LogP contribution >= 0.6 is 0 Å². The topological polar surface area (TPSA) is 75.4 Å². The van der Waals surface area contributed by atoms with Gasteiger partial charge in [0.15, 0.2) is 0 Å². The van der Waals surface area contributed by atoms with E-state index in [-0.39, 0.29) is 17.6 Å². The highest BCUT2D eigenvalue weighted by atomic mass is 16.3. The minimum Gasteiger partial charge on any atom is -0.505 e. The molecular formula is C13H20N2O2. The maximum atomic E-state index is 11.8. The number of benzene rings is 1. The molecule has 1 aromatic carbocycles. The molecule has 0 aliphatic carbocycles. The fourth-order valence-electron chi connectivity index (χ4n) is 1.49. The summed E-state index contributed by atoms with van der Waals surface area (Å²) in [5.74, 6) is -0.0561. The first-order chi connectivity index (χ1) is 7.97. The third-order valence-electron chi connectivity index (χ3n) is 3.06. The number of phenols is 1.